The van der Waals surface area contributed by atoms with Crippen LogP contribution in [0.3, 0.4) is 0 Å². The van der Waals surface area contributed by atoms with Gasteiger partial charge in [0, 0.05) is 5.56 Å². The van der Waals surface area contributed by atoms with Crippen molar-refractivity contribution in [3.63, 3.8) is 0 Å². The van der Waals surface area contributed by atoms with E-state index in [1.807, 2.05) is 0 Å². The van der Waals surface area contributed by atoms with Crippen LogP contribution in [0.25, 0.3) is 0 Å². The van der Waals surface area contributed by atoms with Gasteiger partial charge in [0.25, 0.3) is 5.91 Å². The van der Waals surface area contributed by atoms with Crippen LogP contribution in [0.2, 0.25) is 0 Å². The maximum Gasteiger partial charge on any atom is 0.416 e. The van der Waals surface area contributed by atoms with Gasteiger partial charge in [-0.1, -0.05) is 0 Å². The molecule has 0 aliphatic carbocycles. The molecule has 0 fully saturated rings. The molecule has 2 aromatic rings. The van der Waals surface area contributed by atoms with Crippen molar-refractivity contribution in [3.8, 4) is 0 Å². The van der Waals surface area contributed by atoms with E-state index in [2.05, 4.69) is 10.1 Å². The van der Waals surface area contributed by atoms with Crippen LogP contribution < -0.4 is 5.32 Å². The molecule has 23 heavy (non-hydrogen) atoms. The highest BCUT2D eigenvalue weighted by Gasteiger charge is 2.30. The van der Waals surface area contributed by atoms with E-state index in [0.29, 0.717) is 11.3 Å². The molecule has 0 radical (unpaired) electrons. The molecule has 1 aromatic carbocycles. The molecule has 0 aliphatic heterocycles. The number of benzene rings is 1. The van der Waals surface area contributed by atoms with Gasteiger partial charge in [-0.25, -0.2) is 4.79 Å². The van der Waals surface area contributed by atoms with Crippen LogP contribution in [-0.2, 0) is 10.9 Å². The number of hydrogen-bond acceptors (Lipinski definition) is 4. The Kier molecular flexibility index (Phi) is 4.74. The smallest absolute Gasteiger partial charge is 0.416 e. The number of carbonyl (C=O) groups excluding carboxylic acids is 2. The summed E-state index contributed by atoms with van der Waals surface area (Å²) in [7, 11) is 1.22. The largest absolute Gasteiger partial charge is 0.465 e. The summed E-state index contributed by atoms with van der Waals surface area (Å²) < 4.78 is 42.2. The molecule has 0 atom stereocenters. The molecule has 0 bridgehead atoms. The summed E-state index contributed by atoms with van der Waals surface area (Å²) in [5.41, 5.74) is 0.179. The second-order valence-electron chi connectivity index (χ2n) is 4.64. The van der Waals surface area contributed by atoms with Gasteiger partial charge < -0.3 is 10.1 Å². The quantitative estimate of drug-likeness (QED) is 0.853. The van der Waals surface area contributed by atoms with Crippen LogP contribution in [0.4, 0.5) is 18.9 Å². The molecule has 0 saturated heterocycles. The summed E-state index contributed by atoms with van der Waals surface area (Å²) in [4.78, 5) is 24.0. The Balaban J connectivity index is 2.23. The molecule has 1 heterocycles. The Morgan fingerprint density at radius 3 is 2.30 bits per heavy atom. The molecule has 0 aliphatic rings. The van der Waals surface area contributed by atoms with Crippen molar-refractivity contribution in [1.29, 1.82) is 0 Å². The second kappa shape index (κ2) is 6.41. The second-order valence-corrected chi connectivity index (χ2v) is 5.52. The van der Waals surface area contributed by atoms with Crippen LogP contribution in [0.1, 0.15) is 31.2 Å². The van der Waals surface area contributed by atoms with E-state index in [1.165, 1.54) is 7.11 Å². The van der Waals surface area contributed by atoms with Crippen molar-refractivity contribution in [2.45, 2.75) is 13.1 Å². The van der Waals surface area contributed by atoms with Crippen molar-refractivity contribution >= 4 is 28.9 Å². The first-order valence-electron chi connectivity index (χ1n) is 6.39. The number of thiophene rings is 1. The first-order chi connectivity index (χ1) is 10.7. The van der Waals surface area contributed by atoms with Gasteiger partial charge in [0.05, 0.1) is 18.4 Å². The summed E-state index contributed by atoms with van der Waals surface area (Å²) in [5, 5.41) is 4.21. The number of nitrogens with one attached hydrogen (secondary N) is 1. The van der Waals surface area contributed by atoms with Crippen molar-refractivity contribution in [1.82, 2.24) is 0 Å². The standard InChI is InChI=1S/C15H12F3NO3S/c1-8-7-23-12(14(21)22-2)11(8)19-13(20)9-3-5-10(6-4-9)15(16,17)18/h3-7H,1-2H3,(H,19,20). The van der Waals surface area contributed by atoms with Crippen LogP contribution in [0.15, 0.2) is 29.6 Å². The van der Waals surface area contributed by atoms with E-state index < -0.39 is 23.6 Å². The zero-order valence-electron chi connectivity index (χ0n) is 12.2. The van der Waals surface area contributed by atoms with Gasteiger partial charge in [-0.05, 0) is 42.1 Å². The number of anilines is 1. The Morgan fingerprint density at radius 1 is 1.17 bits per heavy atom. The van der Waals surface area contributed by atoms with Crippen LogP contribution in [-0.4, -0.2) is 19.0 Å². The Labute approximate surface area is 133 Å². The van der Waals surface area contributed by atoms with E-state index in [-0.39, 0.29) is 10.4 Å². The molecule has 122 valence electrons. The van der Waals surface area contributed by atoms with Crippen molar-refractivity contribution in [2.75, 3.05) is 12.4 Å². The minimum Gasteiger partial charge on any atom is -0.465 e. The zero-order chi connectivity index (χ0) is 17.2. The predicted molar refractivity (Wildman–Crippen MR) is 79.8 cm³/mol. The van der Waals surface area contributed by atoms with Gasteiger partial charge in [0.2, 0.25) is 0 Å². The highest BCUT2D eigenvalue weighted by atomic mass is 32.1. The number of aryl methyl sites for hydroxylation is 1. The molecule has 8 heteroatoms. The lowest BCUT2D eigenvalue weighted by atomic mass is 10.1. The topological polar surface area (TPSA) is 55.4 Å². The fourth-order valence-corrected chi connectivity index (χ4v) is 2.76. The van der Waals surface area contributed by atoms with Gasteiger partial charge in [0.1, 0.15) is 4.88 Å². The fourth-order valence-electron chi connectivity index (χ4n) is 1.84. The van der Waals surface area contributed by atoms with E-state index in [1.54, 1.807) is 12.3 Å². The number of methoxy groups -OCH3 is 1. The lowest BCUT2D eigenvalue weighted by Gasteiger charge is -2.09. The Bertz CT molecular complexity index is 735. The first-order valence-corrected chi connectivity index (χ1v) is 7.27. The van der Waals surface area contributed by atoms with E-state index in [9.17, 15) is 22.8 Å². The number of esters is 1. The number of rotatable bonds is 3. The number of alkyl halides is 3. The third-order valence-electron chi connectivity index (χ3n) is 3.06. The molecule has 0 spiro atoms. The van der Waals surface area contributed by atoms with Gasteiger partial charge in [-0.2, -0.15) is 13.2 Å². The van der Waals surface area contributed by atoms with Crippen molar-refractivity contribution < 1.29 is 27.5 Å². The van der Waals surface area contributed by atoms with Crippen molar-refractivity contribution in [2.24, 2.45) is 0 Å². The van der Waals surface area contributed by atoms with Crippen LogP contribution in [0, 0.1) is 6.92 Å². The maximum atomic E-state index is 12.5. The van der Waals surface area contributed by atoms with Crippen molar-refractivity contribution in [3.05, 3.63) is 51.2 Å². The Morgan fingerprint density at radius 2 is 1.78 bits per heavy atom. The minimum atomic E-state index is -4.46. The summed E-state index contributed by atoms with van der Waals surface area (Å²) in [5.74, 6) is -1.20. The summed E-state index contributed by atoms with van der Waals surface area (Å²) in [6.45, 7) is 1.70. The molecule has 1 aromatic heterocycles. The van der Waals surface area contributed by atoms with E-state index >= 15 is 0 Å². The lowest BCUT2D eigenvalue weighted by molar-refractivity contribution is -0.137. The monoisotopic (exact) mass is 343 g/mol. The highest BCUT2D eigenvalue weighted by molar-refractivity contribution is 7.12. The molecule has 1 N–H and O–H groups in total. The average molecular weight is 343 g/mol. The third-order valence-corrected chi connectivity index (χ3v) is 4.14. The van der Waals surface area contributed by atoms with Gasteiger partial charge in [-0.3, -0.25) is 4.79 Å². The minimum absolute atomic E-state index is 0.0550. The molecule has 2 rings (SSSR count). The van der Waals surface area contributed by atoms with Gasteiger partial charge >= 0.3 is 12.1 Å². The fraction of sp³-hybridized carbons (Fsp3) is 0.200. The zero-order valence-corrected chi connectivity index (χ0v) is 13.0. The van der Waals surface area contributed by atoms with Crippen LogP contribution in [0.5, 0.6) is 0 Å². The highest BCUT2D eigenvalue weighted by Crippen LogP contribution is 2.30. The SMILES string of the molecule is COC(=O)c1scc(C)c1NC(=O)c1ccc(C(F)(F)F)cc1. The molecular weight excluding hydrogens is 331 g/mol. The molecule has 1 amide bonds. The van der Waals surface area contributed by atoms with Gasteiger partial charge in [-0.15, -0.1) is 11.3 Å². The first kappa shape index (κ1) is 17.0. The summed E-state index contributed by atoms with van der Waals surface area (Å²) in [6, 6.07) is 3.82. The summed E-state index contributed by atoms with van der Waals surface area (Å²) >= 11 is 1.11. The molecule has 0 saturated carbocycles. The molecular formula is C15H12F3NO3S. The predicted octanol–water partition coefficient (Wildman–Crippen LogP) is 4.11. The maximum absolute atomic E-state index is 12.5. The number of hydrogen-bond donors (Lipinski definition) is 1. The van der Waals surface area contributed by atoms with Gasteiger partial charge in [0.15, 0.2) is 0 Å². The Hall–Kier alpha value is -2.35. The lowest BCUT2D eigenvalue weighted by Crippen LogP contribution is -2.15. The number of ether oxygens (including phenoxy) is 1. The molecule has 0 unspecified atom stereocenters. The average Bonchev–Trinajstić information content (AvgIpc) is 2.87. The third kappa shape index (κ3) is 3.70. The normalized spacial score (nSPS) is 11.2. The molecule has 4 nitrogen and oxygen atoms in total. The number of carbonyl (C=O) groups is 2. The van der Waals surface area contributed by atoms with Crippen LogP contribution >= 0.6 is 11.3 Å². The number of amides is 1. The van der Waals surface area contributed by atoms with E-state index in [0.717, 1.165) is 35.6 Å². The van der Waals surface area contributed by atoms with E-state index in [4.69, 9.17) is 0 Å². The summed E-state index contributed by atoms with van der Waals surface area (Å²) in [6.07, 6.45) is -4.46. The number of halogens is 3.